The number of carbonyl (C=O) groups is 1. The van der Waals surface area contributed by atoms with Gasteiger partial charge in [-0.05, 0) is 30.7 Å². The van der Waals surface area contributed by atoms with E-state index in [0.717, 1.165) is 12.1 Å². The molecule has 0 unspecified atom stereocenters. The molecule has 94 valence electrons. The molecule has 1 amide bonds. The predicted molar refractivity (Wildman–Crippen MR) is 64.4 cm³/mol. The summed E-state index contributed by atoms with van der Waals surface area (Å²) in [5.41, 5.74) is 0.721. The summed E-state index contributed by atoms with van der Waals surface area (Å²) in [4.78, 5) is 11.4. The van der Waals surface area contributed by atoms with Crippen molar-refractivity contribution in [1.29, 1.82) is 0 Å². The van der Waals surface area contributed by atoms with Gasteiger partial charge in [-0.2, -0.15) is 0 Å². The van der Waals surface area contributed by atoms with Crippen LogP contribution in [0.3, 0.4) is 0 Å². The highest BCUT2D eigenvalue weighted by molar-refractivity contribution is 5.80. The van der Waals surface area contributed by atoms with Gasteiger partial charge in [0.1, 0.15) is 5.82 Å². The number of rotatable bonds is 7. The molecule has 4 nitrogen and oxygen atoms in total. The van der Waals surface area contributed by atoms with Crippen molar-refractivity contribution in [2.75, 3.05) is 32.1 Å². The Bertz CT molecular complexity index is 341. The molecule has 1 rings (SSSR count). The molecule has 0 radical (unpaired) electrons. The molecule has 1 aromatic carbocycles. The van der Waals surface area contributed by atoms with Crippen molar-refractivity contribution in [2.24, 2.45) is 0 Å². The molecular weight excluding hydrogens is 223 g/mol. The number of nitrogens with one attached hydrogen (secondary N) is 2. The van der Waals surface area contributed by atoms with Crippen LogP contribution in [-0.2, 0) is 9.53 Å². The van der Waals surface area contributed by atoms with Crippen LogP contribution in [0.25, 0.3) is 0 Å². The Morgan fingerprint density at radius 3 is 2.71 bits per heavy atom. The summed E-state index contributed by atoms with van der Waals surface area (Å²) in [6, 6.07) is 5.87. The third-order valence-corrected chi connectivity index (χ3v) is 2.14. The van der Waals surface area contributed by atoms with Crippen LogP contribution in [0.15, 0.2) is 24.3 Å². The van der Waals surface area contributed by atoms with Crippen LogP contribution in [0, 0.1) is 5.82 Å². The Labute approximate surface area is 100 Å². The fraction of sp³-hybridized carbons (Fsp3) is 0.417. The highest BCUT2D eigenvalue weighted by Gasteiger charge is 2.00. The van der Waals surface area contributed by atoms with E-state index >= 15 is 0 Å². The average Bonchev–Trinajstić information content (AvgIpc) is 2.34. The summed E-state index contributed by atoms with van der Waals surface area (Å²) in [5.74, 6) is -0.384. The van der Waals surface area contributed by atoms with Crippen LogP contribution in [0.1, 0.15) is 6.42 Å². The zero-order chi connectivity index (χ0) is 12.5. The molecule has 0 bridgehead atoms. The van der Waals surface area contributed by atoms with E-state index in [-0.39, 0.29) is 18.3 Å². The van der Waals surface area contributed by atoms with Crippen LogP contribution in [0.5, 0.6) is 0 Å². The maximum absolute atomic E-state index is 12.6. The molecule has 0 aliphatic heterocycles. The number of anilines is 1. The molecule has 0 spiro atoms. The minimum absolute atomic E-state index is 0.0922. The van der Waals surface area contributed by atoms with Crippen molar-refractivity contribution in [2.45, 2.75) is 6.42 Å². The van der Waals surface area contributed by atoms with Crippen molar-refractivity contribution in [1.82, 2.24) is 5.32 Å². The van der Waals surface area contributed by atoms with Gasteiger partial charge in [0.15, 0.2) is 0 Å². The van der Waals surface area contributed by atoms with E-state index in [1.165, 1.54) is 12.1 Å². The van der Waals surface area contributed by atoms with Gasteiger partial charge in [0, 0.05) is 25.9 Å². The molecular formula is C12H17FN2O2. The third kappa shape index (κ3) is 5.87. The van der Waals surface area contributed by atoms with E-state index in [9.17, 15) is 9.18 Å². The molecule has 0 heterocycles. The van der Waals surface area contributed by atoms with Gasteiger partial charge in [0.05, 0.1) is 6.54 Å². The van der Waals surface area contributed by atoms with E-state index in [1.54, 1.807) is 19.2 Å². The number of carbonyl (C=O) groups excluding carboxylic acids is 1. The normalized spacial score (nSPS) is 10.0. The van der Waals surface area contributed by atoms with E-state index in [2.05, 4.69) is 10.6 Å². The van der Waals surface area contributed by atoms with Gasteiger partial charge < -0.3 is 15.4 Å². The maximum atomic E-state index is 12.6. The second-order valence-corrected chi connectivity index (χ2v) is 3.56. The van der Waals surface area contributed by atoms with Crippen LogP contribution < -0.4 is 10.6 Å². The number of benzene rings is 1. The van der Waals surface area contributed by atoms with E-state index in [1.807, 2.05) is 0 Å². The van der Waals surface area contributed by atoms with Crippen molar-refractivity contribution in [3.05, 3.63) is 30.1 Å². The first kappa shape index (κ1) is 13.4. The van der Waals surface area contributed by atoms with Crippen LogP contribution in [0.2, 0.25) is 0 Å². The number of ether oxygens (including phenoxy) is 1. The third-order valence-electron chi connectivity index (χ3n) is 2.14. The van der Waals surface area contributed by atoms with Gasteiger partial charge in [-0.3, -0.25) is 4.79 Å². The second-order valence-electron chi connectivity index (χ2n) is 3.56. The lowest BCUT2D eigenvalue weighted by molar-refractivity contribution is -0.119. The second kappa shape index (κ2) is 7.62. The maximum Gasteiger partial charge on any atom is 0.239 e. The Kier molecular flexibility index (Phi) is 6.03. The quantitative estimate of drug-likeness (QED) is 0.708. The Morgan fingerprint density at radius 2 is 2.06 bits per heavy atom. The van der Waals surface area contributed by atoms with E-state index in [4.69, 9.17) is 4.74 Å². The van der Waals surface area contributed by atoms with Crippen molar-refractivity contribution in [3.8, 4) is 0 Å². The molecule has 0 aliphatic rings. The zero-order valence-electron chi connectivity index (χ0n) is 9.83. The Morgan fingerprint density at radius 1 is 1.35 bits per heavy atom. The van der Waals surface area contributed by atoms with Crippen LogP contribution in [0.4, 0.5) is 10.1 Å². The lowest BCUT2D eigenvalue weighted by Gasteiger charge is -2.07. The lowest BCUT2D eigenvalue weighted by atomic mass is 10.3. The number of halogens is 1. The molecule has 0 aromatic heterocycles. The summed E-state index contributed by atoms with van der Waals surface area (Å²) < 4.78 is 17.5. The standard InChI is InChI=1S/C12H17FN2O2/c1-17-8-2-7-14-12(16)9-15-11-5-3-10(13)4-6-11/h3-6,15H,2,7-9H2,1H3,(H,14,16). The van der Waals surface area contributed by atoms with Crippen LogP contribution in [-0.4, -0.2) is 32.7 Å². The fourth-order valence-corrected chi connectivity index (χ4v) is 1.26. The molecule has 5 heteroatoms. The van der Waals surface area contributed by atoms with E-state index in [0.29, 0.717) is 13.2 Å². The topological polar surface area (TPSA) is 50.4 Å². The van der Waals surface area contributed by atoms with Gasteiger partial charge in [-0.1, -0.05) is 0 Å². The largest absolute Gasteiger partial charge is 0.385 e. The number of hydrogen-bond donors (Lipinski definition) is 2. The molecule has 0 saturated heterocycles. The number of hydrogen-bond acceptors (Lipinski definition) is 3. The molecule has 0 saturated carbocycles. The molecule has 0 atom stereocenters. The predicted octanol–water partition coefficient (Wildman–Crippen LogP) is 1.39. The minimum atomic E-state index is -0.292. The molecule has 1 aromatic rings. The first-order chi connectivity index (χ1) is 8.22. The highest BCUT2D eigenvalue weighted by Crippen LogP contribution is 2.07. The molecule has 2 N–H and O–H groups in total. The fourth-order valence-electron chi connectivity index (χ4n) is 1.26. The van der Waals surface area contributed by atoms with Gasteiger partial charge >= 0.3 is 0 Å². The monoisotopic (exact) mass is 240 g/mol. The lowest BCUT2D eigenvalue weighted by Crippen LogP contribution is -2.31. The Balaban J connectivity index is 2.17. The van der Waals surface area contributed by atoms with Crippen LogP contribution >= 0.6 is 0 Å². The van der Waals surface area contributed by atoms with E-state index < -0.39 is 0 Å². The van der Waals surface area contributed by atoms with Gasteiger partial charge in [-0.25, -0.2) is 4.39 Å². The number of amides is 1. The van der Waals surface area contributed by atoms with Crippen molar-refractivity contribution >= 4 is 11.6 Å². The summed E-state index contributed by atoms with van der Waals surface area (Å²) in [6.45, 7) is 1.40. The SMILES string of the molecule is COCCCNC(=O)CNc1ccc(F)cc1. The average molecular weight is 240 g/mol. The highest BCUT2D eigenvalue weighted by atomic mass is 19.1. The van der Waals surface area contributed by atoms with Crippen molar-refractivity contribution in [3.63, 3.8) is 0 Å². The minimum Gasteiger partial charge on any atom is -0.385 e. The van der Waals surface area contributed by atoms with Crippen molar-refractivity contribution < 1.29 is 13.9 Å². The molecule has 17 heavy (non-hydrogen) atoms. The Hall–Kier alpha value is -1.62. The van der Waals surface area contributed by atoms with Gasteiger partial charge in [0.2, 0.25) is 5.91 Å². The summed E-state index contributed by atoms with van der Waals surface area (Å²) in [6.07, 6.45) is 0.790. The number of methoxy groups -OCH3 is 1. The zero-order valence-corrected chi connectivity index (χ0v) is 9.83. The molecule has 0 fully saturated rings. The summed E-state index contributed by atoms with van der Waals surface area (Å²) >= 11 is 0. The first-order valence-electron chi connectivity index (χ1n) is 5.47. The summed E-state index contributed by atoms with van der Waals surface area (Å²) in [5, 5.41) is 5.65. The first-order valence-corrected chi connectivity index (χ1v) is 5.47. The molecule has 0 aliphatic carbocycles. The summed E-state index contributed by atoms with van der Waals surface area (Å²) in [7, 11) is 1.62. The smallest absolute Gasteiger partial charge is 0.239 e. The van der Waals surface area contributed by atoms with Gasteiger partial charge in [-0.15, -0.1) is 0 Å². The van der Waals surface area contributed by atoms with Gasteiger partial charge in [0.25, 0.3) is 0 Å².